The fourth-order valence-electron chi connectivity index (χ4n) is 4.66. The van der Waals surface area contributed by atoms with Gasteiger partial charge in [-0.25, -0.2) is 9.59 Å². The Morgan fingerprint density at radius 2 is 1.30 bits per heavy atom. The second-order valence-corrected chi connectivity index (χ2v) is 10.8. The zero-order valence-electron chi connectivity index (χ0n) is 20.8. The number of ether oxygens (including phenoxy) is 3. The molecule has 0 spiro atoms. The van der Waals surface area contributed by atoms with Gasteiger partial charge in [-0.05, 0) is 72.1 Å². The Morgan fingerprint density at radius 3 is 1.67 bits per heavy atom. The molecular formula is C25H38N2O6. The number of carbonyl (C=O) groups is 2. The van der Waals surface area contributed by atoms with Crippen LogP contribution < -0.4 is 4.74 Å². The van der Waals surface area contributed by atoms with Crippen molar-refractivity contribution in [2.75, 3.05) is 7.11 Å². The standard InChI is InChI=1S/C25H38N2O6/c1-24(2,3)32-22(29)26-18-10-8-9-11-19(18)27(23(30)33-25(4,5)6)21(26)20(28)16-12-14-17(31-7)15-13-16/h12-15,18-21,28H,8-11H2,1-7H3/t18-,19-,20?/m1/s1. The van der Waals surface area contributed by atoms with Crippen molar-refractivity contribution in [3.63, 3.8) is 0 Å². The zero-order valence-corrected chi connectivity index (χ0v) is 20.8. The normalized spacial score (nSPS) is 22.5. The van der Waals surface area contributed by atoms with E-state index in [1.807, 2.05) is 0 Å². The van der Waals surface area contributed by atoms with Gasteiger partial charge in [0.1, 0.15) is 29.2 Å². The first-order valence-corrected chi connectivity index (χ1v) is 11.7. The third-order valence-electron chi connectivity index (χ3n) is 5.93. The number of methoxy groups -OCH3 is 1. The first kappa shape index (κ1) is 25.1. The molecule has 1 saturated heterocycles. The Kier molecular flexibility index (Phi) is 7.17. The summed E-state index contributed by atoms with van der Waals surface area (Å²) in [6, 6.07) is 6.47. The van der Waals surface area contributed by atoms with Gasteiger partial charge in [0.15, 0.2) is 0 Å². The van der Waals surface area contributed by atoms with Gasteiger partial charge in [0.25, 0.3) is 0 Å². The smallest absolute Gasteiger partial charge is 0.412 e. The lowest BCUT2D eigenvalue weighted by Crippen LogP contribution is -2.51. The van der Waals surface area contributed by atoms with Crippen LogP contribution in [0.4, 0.5) is 9.59 Å². The molecule has 0 bridgehead atoms. The highest BCUT2D eigenvalue weighted by atomic mass is 16.6. The maximum absolute atomic E-state index is 13.4. The molecule has 1 heterocycles. The summed E-state index contributed by atoms with van der Waals surface area (Å²) >= 11 is 0. The number of hydrogen-bond donors (Lipinski definition) is 1. The summed E-state index contributed by atoms with van der Waals surface area (Å²) in [5, 5.41) is 11.5. The molecule has 8 heteroatoms. The summed E-state index contributed by atoms with van der Waals surface area (Å²) in [5.74, 6) is 0.652. The minimum atomic E-state index is -1.15. The van der Waals surface area contributed by atoms with Gasteiger partial charge in [0.05, 0.1) is 19.2 Å². The monoisotopic (exact) mass is 462 g/mol. The van der Waals surface area contributed by atoms with Crippen LogP contribution in [0, 0.1) is 0 Å². The van der Waals surface area contributed by atoms with Crippen molar-refractivity contribution in [3.05, 3.63) is 29.8 Å². The summed E-state index contributed by atoms with van der Waals surface area (Å²) in [7, 11) is 1.57. The van der Waals surface area contributed by atoms with Crippen molar-refractivity contribution >= 4 is 12.2 Å². The second-order valence-electron chi connectivity index (χ2n) is 10.8. The number of aliphatic hydroxyl groups excluding tert-OH is 1. The number of fused-ring (bicyclic) bond motifs is 1. The number of hydrogen-bond acceptors (Lipinski definition) is 6. The minimum absolute atomic E-state index is 0.251. The molecule has 0 radical (unpaired) electrons. The van der Waals surface area contributed by atoms with Gasteiger partial charge in [-0.1, -0.05) is 25.0 Å². The number of carbonyl (C=O) groups excluding carboxylic acids is 2. The molecule has 1 unspecified atom stereocenters. The molecule has 1 aliphatic carbocycles. The molecule has 3 atom stereocenters. The summed E-state index contributed by atoms with van der Waals surface area (Å²) < 4.78 is 16.7. The SMILES string of the molecule is COc1ccc(C(O)C2N(C(=O)OC(C)(C)C)[C@@H]3CCCC[C@H]3N2C(=O)OC(C)(C)C)cc1. The van der Waals surface area contributed by atoms with Gasteiger partial charge in [-0.3, -0.25) is 9.80 Å². The number of amides is 2. The third kappa shape index (κ3) is 5.72. The average molecular weight is 463 g/mol. The third-order valence-corrected chi connectivity index (χ3v) is 5.93. The van der Waals surface area contributed by atoms with E-state index in [-0.39, 0.29) is 12.1 Å². The summed E-state index contributed by atoms with van der Waals surface area (Å²) in [5.41, 5.74) is -0.853. The highest BCUT2D eigenvalue weighted by Crippen LogP contribution is 2.42. The number of aliphatic hydroxyl groups is 1. The van der Waals surface area contributed by atoms with E-state index in [9.17, 15) is 14.7 Å². The maximum Gasteiger partial charge on any atom is 0.412 e. The molecule has 2 fully saturated rings. The van der Waals surface area contributed by atoms with Crippen molar-refractivity contribution < 1.29 is 28.9 Å². The highest BCUT2D eigenvalue weighted by Gasteiger charge is 2.56. The molecule has 1 aromatic rings. The molecule has 1 N–H and O–H groups in total. The Morgan fingerprint density at radius 1 is 0.879 bits per heavy atom. The lowest BCUT2D eigenvalue weighted by atomic mass is 9.90. The first-order chi connectivity index (χ1) is 15.3. The fourth-order valence-corrected chi connectivity index (χ4v) is 4.66. The lowest BCUT2D eigenvalue weighted by molar-refractivity contribution is -0.0401. The molecule has 1 aliphatic heterocycles. The molecule has 33 heavy (non-hydrogen) atoms. The Balaban J connectivity index is 2.05. The van der Waals surface area contributed by atoms with E-state index < -0.39 is 35.7 Å². The van der Waals surface area contributed by atoms with Crippen LogP contribution in [0.5, 0.6) is 5.75 Å². The fraction of sp³-hybridized carbons (Fsp3) is 0.680. The molecule has 1 aromatic carbocycles. The molecule has 3 rings (SSSR count). The van der Waals surface area contributed by atoms with Crippen molar-refractivity contribution in [1.29, 1.82) is 0 Å². The molecule has 2 amide bonds. The Labute approximate surface area is 196 Å². The van der Waals surface area contributed by atoms with Crippen molar-refractivity contribution in [2.45, 2.75) is 103 Å². The van der Waals surface area contributed by atoms with Crippen molar-refractivity contribution in [2.24, 2.45) is 0 Å². The number of rotatable bonds is 3. The maximum atomic E-state index is 13.4. The number of benzene rings is 1. The Hall–Kier alpha value is -2.48. The van der Waals surface area contributed by atoms with Gasteiger partial charge in [0.2, 0.25) is 0 Å². The second kappa shape index (κ2) is 9.41. The van der Waals surface area contributed by atoms with Gasteiger partial charge in [-0.15, -0.1) is 0 Å². The van der Waals surface area contributed by atoms with Crippen LogP contribution in [-0.4, -0.2) is 63.7 Å². The quantitative estimate of drug-likeness (QED) is 0.691. The molecule has 8 nitrogen and oxygen atoms in total. The van der Waals surface area contributed by atoms with Crippen LogP contribution in [-0.2, 0) is 9.47 Å². The van der Waals surface area contributed by atoms with E-state index in [1.54, 1.807) is 82.7 Å². The van der Waals surface area contributed by atoms with E-state index in [2.05, 4.69) is 0 Å². The molecule has 184 valence electrons. The van der Waals surface area contributed by atoms with Crippen LogP contribution in [0.1, 0.15) is 78.9 Å². The highest BCUT2D eigenvalue weighted by molar-refractivity contribution is 5.75. The summed E-state index contributed by atoms with van der Waals surface area (Å²) in [6.45, 7) is 10.8. The number of nitrogens with zero attached hydrogens (tertiary/aromatic N) is 2. The Bertz CT molecular complexity index is 798. The van der Waals surface area contributed by atoms with Crippen LogP contribution >= 0.6 is 0 Å². The van der Waals surface area contributed by atoms with Gasteiger partial charge in [0, 0.05) is 0 Å². The molecule has 0 aromatic heterocycles. The summed E-state index contributed by atoms with van der Waals surface area (Å²) in [6.07, 6.45) is 0.162. The largest absolute Gasteiger partial charge is 0.497 e. The van der Waals surface area contributed by atoms with E-state index in [0.717, 1.165) is 25.7 Å². The molecular weight excluding hydrogens is 424 g/mol. The molecule has 1 saturated carbocycles. The van der Waals surface area contributed by atoms with Crippen molar-refractivity contribution in [1.82, 2.24) is 9.80 Å². The van der Waals surface area contributed by atoms with E-state index in [0.29, 0.717) is 11.3 Å². The van der Waals surface area contributed by atoms with Crippen LogP contribution in [0.2, 0.25) is 0 Å². The minimum Gasteiger partial charge on any atom is -0.497 e. The predicted octanol–water partition coefficient (Wildman–Crippen LogP) is 4.85. The summed E-state index contributed by atoms with van der Waals surface area (Å²) in [4.78, 5) is 29.9. The van der Waals surface area contributed by atoms with E-state index in [1.165, 1.54) is 0 Å². The topological polar surface area (TPSA) is 88.5 Å². The van der Waals surface area contributed by atoms with Gasteiger partial charge >= 0.3 is 12.2 Å². The first-order valence-electron chi connectivity index (χ1n) is 11.7. The lowest BCUT2D eigenvalue weighted by Gasteiger charge is -2.36. The average Bonchev–Trinajstić information content (AvgIpc) is 3.06. The van der Waals surface area contributed by atoms with Gasteiger partial charge < -0.3 is 19.3 Å². The van der Waals surface area contributed by atoms with E-state index in [4.69, 9.17) is 14.2 Å². The predicted molar refractivity (Wildman–Crippen MR) is 124 cm³/mol. The van der Waals surface area contributed by atoms with Crippen molar-refractivity contribution in [3.8, 4) is 5.75 Å². The van der Waals surface area contributed by atoms with Gasteiger partial charge in [-0.2, -0.15) is 0 Å². The zero-order chi connectivity index (χ0) is 24.6. The van der Waals surface area contributed by atoms with Crippen LogP contribution in [0.25, 0.3) is 0 Å². The molecule has 2 aliphatic rings. The van der Waals surface area contributed by atoms with Crippen LogP contribution in [0.15, 0.2) is 24.3 Å². The van der Waals surface area contributed by atoms with E-state index >= 15 is 0 Å². The van der Waals surface area contributed by atoms with Crippen LogP contribution in [0.3, 0.4) is 0 Å².